The summed E-state index contributed by atoms with van der Waals surface area (Å²) < 4.78 is 2.50. The molecule has 0 amide bonds. The van der Waals surface area contributed by atoms with Gasteiger partial charge in [0.05, 0.1) is 16.4 Å². The maximum Gasteiger partial charge on any atom is 0.0726 e. The third-order valence-corrected chi connectivity index (χ3v) is 13.4. The molecule has 10 aromatic carbocycles. The first kappa shape index (κ1) is 34.0. The van der Waals surface area contributed by atoms with Gasteiger partial charge in [-0.25, -0.2) is 0 Å². The fraction of sp³-hybridized carbons (Fsp3) is 0.0169. The van der Waals surface area contributed by atoms with Crippen LogP contribution in [0.4, 0.5) is 17.1 Å². The Kier molecular flexibility index (Phi) is 7.26. The summed E-state index contributed by atoms with van der Waals surface area (Å²) in [7, 11) is 0. The van der Waals surface area contributed by atoms with Crippen LogP contribution in [0.25, 0.3) is 71.6 Å². The number of benzene rings is 10. The Morgan fingerprint density at radius 3 is 1.51 bits per heavy atom. The van der Waals surface area contributed by atoms with E-state index < -0.39 is 5.41 Å². The zero-order valence-corrected chi connectivity index (χ0v) is 33.3. The van der Waals surface area contributed by atoms with Gasteiger partial charge in [-0.2, -0.15) is 0 Å². The highest BCUT2D eigenvalue weighted by atomic mass is 15.1. The molecule has 284 valence electrons. The van der Waals surface area contributed by atoms with Crippen molar-refractivity contribution in [3.8, 4) is 39.1 Å². The summed E-state index contributed by atoms with van der Waals surface area (Å²) in [4.78, 5) is 2.33. The van der Waals surface area contributed by atoms with E-state index in [1.165, 1.54) is 93.9 Å². The van der Waals surface area contributed by atoms with Crippen LogP contribution in [0.1, 0.15) is 22.3 Å². The molecule has 61 heavy (non-hydrogen) atoms. The van der Waals surface area contributed by atoms with E-state index in [1.54, 1.807) is 0 Å². The first-order valence-electron chi connectivity index (χ1n) is 21.2. The molecule has 1 heterocycles. The lowest BCUT2D eigenvalue weighted by Crippen LogP contribution is -2.30. The van der Waals surface area contributed by atoms with Crippen LogP contribution in [0.3, 0.4) is 0 Å². The number of hydrogen-bond donors (Lipinski definition) is 0. The fourth-order valence-electron chi connectivity index (χ4n) is 11.0. The number of anilines is 3. The molecule has 2 aliphatic rings. The molecule has 2 heteroatoms. The highest BCUT2D eigenvalue weighted by Gasteiger charge is 2.50. The molecule has 13 rings (SSSR count). The Hall–Kier alpha value is -7.94. The lowest BCUT2D eigenvalue weighted by Gasteiger charge is -2.38. The van der Waals surface area contributed by atoms with Crippen molar-refractivity contribution in [2.75, 3.05) is 4.90 Å². The van der Waals surface area contributed by atoms with Gasteiger partial charge < -0.3 is 9.47 Å². The number of para-hydroxylation sites is 3. The van der Waals surface area contributed by atoms with Gasteiger partial charge in [0.1, 0.15) is 0 Å². The van der Waals surface area contributed by atoms with Gasteiger partial charge in [-0.3, -0.25) is 0 Å². The van der Waals surface area contributed by atoms with E-state index in [9.17, 15) is 0 Å². The first-order valence-corrected chi connectivity index (χ1v) is 21.2. The van der Waals surface area contributed by atoms with E-state index in [0.29, 0.717) is 0 Å². The molecule has 0 unspecified atom stereocenters. The lowest BCUT2D eigenvalue weighted by atomic mass is 9.63. The van der Waals surface area contributed by atoms with Crippen molar-refractivity contribution in [2.45, 2.75) is 5.41 Å². The summed E-state index contributed by atoms with van der Waals surface area (Å²) in [6.45, 7) is 0. The van der Waals surface area contributed by atoms with Crippen molar-refractivity contribution < 1.29 is 0 Å². The molecule has 0 aliphatic heterocycles. The maximum absolute atomic E-state index is 2.50. The monoisotopic (exact) mass is 774 g/mol. The molecule has 0 N–H and O–H groups in total. The minimum atomic E-state index is -0.462. The highest BCUT2D eigenvalue weighted by Crippen LogP contribution is 2.62. The molecule has 0 radical (unpaired) electrons. The zero-order chi connectivity index (χ0) is 40.1. The minimum absolute atomic E-state index is 0.462. The van der Waals surface area contributed by atoms with Gasteiger partial charge in [-0.1, -0.05) is 170 Å². The van der Waals surface area contributed by atoms with Crippen LogP contribution in [-0.4, -0.2) is 4.57 Å². The Morgan fingerprint density at radius 1 is 0.311 bits per heavy atom. The normalized spacial score (nSPS) is 13.0. The summed E-state index contributed by atoms with van der Waals surface area (Å²) in [5, 5.41) is 5.31. The molecule has 0 bridgehead atoms. The summed E-state index contributed by atoms with van der Waals surface area (Å²) in [5.41, 5.74) is 19.4. The molecular formula is C59H38N2. The minimum Gasteiger partial charge on any atom is -0.310 e. The Morgan fingerprint density at radius 2 is 0.836 bits per heavy atom. The fourth-order valence-corrected chi connectivity index (χ4v) is 11.0. The molecule has 0 fully saturated rings. The summed E-state index contributed by atoms with van der Waals surface area (Å²) in [6, 6.07) is 85.0. The number of hydrogen-bond acceptors (Lipinski definition) is 1. The summed E-state index contributed by atoms with van der Waals surface area (Å²) >= 11 is 0. The maximum atomic E-state index is 2.50. The van der Waals surface area contributed by atoms with Crippen molar-refractivity contribution >= 4 is 49.6 Å². The zero-order valence-electron chi connectivity index (χ0n) is 33.3. The second-order valence-corrected chi connectivity index (χ2v) is 16.4. The van der Waals surface area contributed by atoms with Gasteiger partial charge in [0, 0.05) is 33.5 Å². The van der Waals surface area contributed by atoms with Crippen LogP contribution in [0.5, 0.6) is 0 Å². The van der Waals surface area contributed by atoms with Crippen LogP contribution in [-0.2, 0) is 5.41 Å². The van der Waals surface area contributed by atoms with Crippen LogP contribution < -0.4 is 4.90 Å². The van der Waals surface area contributed by atoms with Gasteiger partial charge >= 0.3 is 0 Å². The van der Waals surface area contributed by atoms with E-state index >= 15 is 0 Å². The molecule has 11 aromatic rings. The van der Waals surface area contributed by atoms with E-state index in [0.717, 1.165) is 17.1 Å². The predicted molar refractivity (Wildman–Crippen MR) is 255 cm³/mol. The third-order valence-electron chi connectivity index (χ3n) is 13.4. The quantitative estimate of drug-likeness (QED) is 0.163. The molecule has 2 aliphatic carbocycles. The lowest BCUT2D eigenvalue weighted by molar-refractivity contribution is 0.783. The van der Waals surface area contributed by atoms with Gasteiger partial charge in [0.25, 0.3) is 0 Å². The standard InChI is InChI=1S/C59H38N2/c1-4-18-42(19-5-1)60(43-20-6-2-7-21-43)45-24-14-17-41(37-45)39-33-35-40(36-34-39)49-38-55-58-56-48(49)27-15-30-52(56)59(50-28-12-10-25-46(50)47-26-11-13-29-51(47)59)53-31-16-32-54(57(53)58)61(55)44-22-8-3-9-23-44/h1-38H. The number of fused-ring (bicyclic) bond motifs is 7. The van der Waals surface area contributed by atoms with Gasteiger partial charge in [0.2, 0.25) is 0 Å². The average Bonchev–Trinajstić information content (AvgIpc) is 3.83. The van der Waals surface area contributed by atoms with Crippen LogP contribution in [0.2, 0.25) is 0 Å². The number of rotatable bonds is 6. The molecule has 2 nitrogen and oxygen atoms in total. The number of nitrogens with zero attached hydrogens (tertiary/aromatic N) is 2. The predicted octanol–water partition coefficient (Wildman–Crippen LogP) is 15.4. The smallest absolute Gasteiger partial charge is 0.0726 e. The van der Waals surface area contributed by atoms with E-state index in [4.69, 9.17) is 0 Å². The Labute approximate surface area is 354 Å². The molecule has 0 saturated heterocycles. The van der Waals surface area contributed by atoms with E-state index in [-0.39, 0.29) is 0 Å². The van der Waals surface area contributed by atoms with Crippen molar-refractivity contribution in [1.82, 2.24) is 4.57 Å². The largest absolute Gasteiger partial charge is 0.310 e. The first-order chi connectivity index (χ1) is 30.3. The van der Waals surface area contributed by atoms with E-state index in [2.05, 4.69) is 240 Å². The molecule has 1 spiro atoms. The van der Waals surface area contributed by atoms with Crippen molar-refractivity contribution in [2.24, 2.45) is 0 Å². The molecule has 0 saturated carbocycles. The average molecular weight is 775 g/mol. The summed E-state index contributed by atoms with van der Waals surface area (Å²) in [6.07, 6.45) is 0. The topological polar surface area (TPSA) is 8.17 Å². The van der Waals surface area contributed by atoms with Crippen LogP contribution >= 0.6 is 0 Å². The van der Waals surface area contributed by atoms with Crippen LogP contribution in [0, 0.1) is 0 Å². The Bertz CT molecular complexity index is 3420. The third kappa shape index (κ3) is 4.73. The second kappa shape index (κ2) is 13.0. The molecule has 1 aromatic heterocycles. The van der Waals surface area contributed by atoms with Gasteiger partial charge in [-0.15, -0.1) is 0 Å². The van der Waals surface area contributed by atoms with Crippen LogP contribution in [0.15, 0.2) is 231 Å². The van der Waals surface area contributed by atoms with Gasteiger partial charge in [0.15, 0.2) is 0 Å². The van der Waals surface area contributed by atoms with Crippen molar-refractivity contribution in [3.63, 3.8) is 0 Å². The SMILES string of the molecule is c1ccc(N(c2ccccc2)c2cccc(-c3ccc(-c4cc5c6c7c(cccc47)C4(c7ccccc7-c7ccccc74)c4cccc(c46)n5-c4ccccc4)cc3)c2)cc1. The highest BCUT2D eigenvalue weighted by molar-refractivity contribution is 6.29. The van der Waals surface area contributed by atoms with Gasteiger partial charge in [-0.05, 0) is 127 Å². The number of aromatic nitrogens is 1. The van der Waals surface area contributed by atoms with Crippen molar-refractivity contribution in [3.05, 3.63) is 253 Å². The summed E-state index contributed by atoms with van der Waals surface area (Å²) in [5.74, 6) is 0. The Balaban J connectivity index is 1.04. The molecular weight excluding hydrogens is 737 g/mol. The van der Waals surface area contributed by atoms with E-state index in [1.807, 2.05) is 0 Å². The molecule has 0 atom stereocenters. The van der Waals surface area contributed by atoms with Crippen molar-refractivity contribution in [1.29, 1.82) is 0 Å². The second-order valence-electron chi connectivity index (χ2n) is 16.4.